The van der Waals surface area contributed by atoms with Gasteiger partial charge in [-0.2, -0.15) is 0 Å². The lowest BCUT2D eigenvalue weighted by Crippen LogP contribution is -2.27. The Balaban J connectivity index is 0.000000256. The van der Waals surface area contributed by atoms with Crippen molar-refractivity contribution in [3.05, 3.63) is 48.0 Å². The lowest BCUT2D eigenvalue weighted by Gasteiger charge is -2.15. The van der Waals surface area contributed by atoms with E-state index in [2.05, 4.69) is 16.9 Å². The molecule has 1 saturated heterocycles. The molecule has 4 nitrogen and oxygen atoms in total. The van der Waals surface area contributed by atoms with Gasteiger partial charge in [-0.25, -0.2) is 0 Å². The molecule has 3 rings (SSSR count). The van der Waals surface area contributed by atoms with Gasteiger partial charge in [-0.1, -0.05) is 30.3 Å². The molecule has 1 aliphatic heterocycles. The molecule has 0 atom stereocenters. The summed E-state index contributed by atoms with van der Waals surface area (Å²) in [5, 5.41) is 2.32. The molecule has 2 aromatic carbocycles. The van der Waals surface area contributed by atoms with E-state index in [4.69, 9.17) is 0 Å². The van der Waals surface area contributed by atoms with Crippen molar-refractivity contribution in [1.29, 1.82) is 0 Å². The fraction of sp³-hybridized carbons (Fsp3) is 0.400. The number of fused-ring (bicyclic) bond motifs is 1. The van der Waals surface area contributed by atoms with Gasteiger partial charge in [0.1, 0.15) is 5.60 Å². The van der Waals surface area contributed by atoms with Crippen molar-refractivity contribution in [3.8, 4) is 0 Å². The molecule has 0 bridgehead atoms. The number of benzene rings is 2. The van der Waals surface area contributed by atoms with Crippen molar-refractivity contribution in [2.75, 3.05) is 13.1 Å². The second-order valence-corrected chi connectivity index (χ2v) is 6.89. The molecule has 24 heavy (non-hydrogen) atoms. The van der Waals surface area contributed by atoms with E-state index in [0.717, 1.165) is 36.9 Å². The van der Waals surface area contributed by atoms with Crippen LogP contribution in [0.15, 0.2) is 42.5 Å². The second kappa shape index (κ2) is 7.95. The minimum absolute atomic E-state index is 0.174. The van der Waals surface area contributed by atoms with Crippen LogP contribution in [0.1, 0.15) is 44.0 Å². The molecule has 1 aliphatic rings. The van der Waals surface area contributed by atoms with E-state index in [1.807, 2.05) is 56.0 Å². The number of carbonyl (C=O) groups excluding carboxylic acids is 2. The molecule has 0 aliphatic carbocycles. The fourth-order valence-corrected chi connectivity index (χ4v) is 2.57. The molecule has 0 aromatic heterocycles. The van der Waals surface area contributed by atoms with Gasteiger partial charge in [0.05, 0.1) is 0 Å². The first-order valence-corrected chi connectivity index (χ1v) is 8.30. The number of nitrogens with zero attached hydrogens (tertiary/aromatic N) is 1. The standard InChI is InChI=1S/C15H15NO.C5H10O2/c17-15(16-9-3-4-10-16)14-8-7-12-5-1-2-6-13(12)11-14;1-5(2,3)7-4-6/h1-2,5-8,11H,3-4,9-10H2;4H,1-3H3. The van der Waals surface area contributed by atoms with Crippen LogP contribution < -0.4 is 0 Å². The summed E-state index contributed by atoms with van der Waals surface area (Å²) in [6.45, 7) is 7.74. The number of amides is 1. The monoisotopic (exact) mass is 327 g/mol. The molecule has 0 radical (unpaired) electrons. The van der Waals surface area contributed by atoms with Crippen LogP contribution in [0.5, 0.6) is 0 Å². The number of rotatable bonds is 2. The summed E-state index contributed by atoms with van der Waals surface area (Å²) < 4.78 is 4.55. The van der Waals surface area contributed by atoms with Gasteiger partial charge in [-0.15, -0.1) is 0 Å². The van der Waals surface area contributed by atoms with Crippen molar-refractivity contribution in [1.82, 2.24) is 4.90 Å². The summed E-state index contributed by atoms with van der Waals surface area (Å²) in [7, 11) is 0. The zero-order valence-corrected chi connectivity index (χ0v) is 14.6. The molecule has 0 unspecified atom stereocenters. The molecular formula is C20H25NO3. The quantitative estimate of drug-likeness (QED) is 0.782. The Labute approximate surface area is 143 Å². The second-order valence-electron chi connectivity index (χ2n) is 6.89. The van der Waals surface area contributed by atoms with Gasteiger partial charge < -0.3 is 9.64 Å². The molecule has 128 valence electrons. The van der Waals surface area contributed by atoms with Crippen molar-refractivity contribution in [2.45, 2.75) is 39.2 Å². The van der Waals surface area contributed by atoms with Crippen molar-refractivity contribution in [2.24, 2.45) is 0 Å². The fourth-order valence-electron chi connectivity index (χ4n) is 2.57. The van der Waals surface area contributed by atoms with Crippen molar-refractivity contribution < 1.29 is 14.3 Å². The minimum Gasteiger partial charge on any atom is -0.462 e. The van der Waals surface area contributed by atoms with Crippen LogP contribution >= 0.6 is 0 Å². The number of hydrogen-bond donors (Lipinski definition) is 0. The maximum absolute atomic E-state index is 12.2. The van der Waals surface area contributed by atoms with Crippen molar-refractivity contribution in [3.63, 3.8) is 0 Å². The van der Waals surface area contributed by atoms with Crippen LogP contribution in [0.4, 0.5) is 0 Å². The normalized spacial score (nSPS) is 14.0. The Morgan fingerprint density at radius 3 is 2.21 bits per heavy atom. The third-order valence-corrected chi connectivity index (χ3v) is 3.79. The third-order valence-electron chi connectivity index (χ3n) is 3.79. The molecule has 1 heterocycles. The molecule has 4 heteroatoms. The average molecular weight is 327 g/mol. The van der Waals surface area contributed by atoms with Crippen LogP contribution in [0, 0.1) is 0 Å². The Morgan fingerprint density at radius 1 is 1.04 bits per heavy atom. The third kappa shape index (κ3) is 5.08. The lowest BCUT2D eigenvalue weighted by molar-refractivity contribution is -0.138. The molecule has 1 fully saturated rings. The number of ether oxygens (including phenoxy) is 1. The molecule has 2 aromatic rings. The maximum Gasteiger partial charge on any atom is 0.293 e. The summed E-state index contributed by atoms with van der Waals surface area (Å²) in [6.07, 6.45) is 2.28. The molecular weight excluding hydrogens is 302 g/mol. The van der Waals surface area contributed by atoms with E-state index < -0.39 is 0 Å². The van der Waals surface area contributed by atoms with E-state index in [0.29, 0.717) is 6.47 Å². The van der Waals surface area contributed by atoms with Crippen LogP contribution in [0.3, 0.4) is 0 Å². The number of hydrogen-bond acceptors (Lipinski definition) is 3. The minimum atomic E-state index is -0.318. The summed E-state index contributed by atoms with van der Waals surface area (Å²) in [6, 6.07) is 14.1. The average Bonchev–Trinajstić information content (AvgIpc) is 3.07. The maximum atomic E-state index is 12.2. The van der Waals surface area contributed by atoms with Crippen molar-refractivity contribution >= 4 is 23.2 Å². The Morgan fingerprint density at radius 2 is 1.67 bits per heavy atom. The van der Waals surface area contributed by atoms with Crippen LogP contribution in [-0.2, 0) is 9.53 Å². The summed E-state index contributed by atoms with van der Waals surface area (Å²) in [5.74, 6) is 0.174. The van der Waals surface area contributed by atoms with Crippen LogP contribution in [-0.4, -0.2) is 36.0 Å². The zero-order valence-electron chi connectivity index (χ0n) is 14.6. The Bertz CT molecular complexity index is 697. The highest BCUT2D eigenvalue weighted by atomic mass is 16.5. The molecule has 1 amide bonds. The van der Waals surface area contributed by atoms with Gasteiger partial charge in [0.25, 0.3) is 12.4 Å². The van der Waals surface area contributed by atoms with Gasteiger partial charge >= 0.3 is 0 Å². The zero-order chi connectivity index (χ0) is 17.6. The highest BCUT2D eigenvalue weighted by molar-refractivity contribution is 5.98. The summed E-state index contributed by atoms with van der Waals surface area (Å²) in [5.41, 5.74) is 0.493. The van der Waals surface area contributed by atoms with Gasteiger partial charge in [0.2, 0.25) is 0 Å². The summed E-state index contributed by atoms with van der Waals surface area (Å²) >= 11 is 0. The number of likely N-dealkylation sites (tertiary alicyclic amines) is 1. The van der Waals surface area contributed by atoms with E-state index in [-0.39, 0.29) is 11.5 Å². The van der Waals surface area contributed by atoms with E-state index in [1.54, 1.807) is 0 Å². The molecule has 0 spiro atoms. The van der Waals surface area contributed by atoms with Crippen LogP contribution in [0.2, 0.25) is 0 Å². The number of carbonyl (C=O) groups is 2. The Kier molecular flexibility index (Phi) is 5.96. The van der Waals surface area contributed by atoms with E-state index in [1.165, 1.54) is 5.39 Å². The first-order valence-electron chi connectivity index (χ1n) is 8.30. The topological polar surface area (TPSA) is 46.6 Å². The van der Waals surface area contributed by atoms with Gasteiger partial charge in [-0.3, -0.25) is 9.59 Å². The Hall–Kier alpha value is -2.36. The SMILES string of the molecule is CC(C)(C)OC=O.O=C(c1ccc2ccccc2c1)N1CCCC1. The molecule has 0 saturated carbocycles. The van der Waals surface area contributed by atoms with Gasteiger partial charge in [0.15, 0.2) is 0 Å². The largest absolute Gasteiger partial charge is 0.462 e. The van der Waals surface area contributed by atoms with E-state index in [9.17, 15) is 9.59 Å². The highest BCUT2D eigenvalue weighted by Gasteiger charge is 2.19. The highest BCUT2D eigenvalue weighted by Crippen LogP contribution is 2.18. The van der Waals surface area contributed by atoms with Gasteiger partial charge in [-0.05, 0) is 56.5 Å². The lowest BCUT2D eigenvalue weighted by atomic mass is 10.1. The predicted molar refractivity (Wildman–Crippen MR) is 96.0 cm³/mol. The predicted octanol–water partition coefficient (Wildman–Crippen LogP) is 4.03. The van der Waals surface area contributed by atoms with Crippen LogP contribution in [0.25, 0.3) is 10.8 Å². The molecule has 0 N–H and O–H groups in total. The summed E-state index contributed by atoms with van der Waals surface area (Å²) in [4.78, 5) is 23.8. The van der Waals surface area contributed by atoms with Gasteiger partial charge in [0, 0.05) is 18.7 Å². The smallest absolute Gasteiger partial charge is 0.293 e. The first kappa shape index (κ1) is 18.0. The first-order chi connectivity index (χ1) is 11.4. The van der Waals surface area contributed by atoms with E-state index >= 15 is 0 Å².